The molecule has 4 heteroatoms. The standard InChI is InChI=1S/C26H27N3O/c1-18(2)17-23-26(29-24(30)14-8-11-19-9-4-3-5-10-19)28-22-16-15-20-12-6-7-13-21(20)25(22)27-23/h3-7,9-10,12-13,17H,8,11,14-16H2,1-2H3,(H,28,29,30). The SMILES string of the molecule is CC(C)=Cc1nc2c(nc1NC(=O)CCCc1ccccc1)CCc1ccccc1-2. The molecule has 0 atom stereocenters. The fraction of sp³-hybridized carbons (Fsp3) is 0.269. The van der Waals surface area contributed by atoms with Crippen molar-refractivity contribution >= 4 is 17.8 Å². The first-order valence-corrected chi connectivity index (χ1v) is 10.6. The van der Waals surface area contributed by atoms with Gasteiger partial charge in [-0.25, -0.2) is 9.97 Å². The molecule has 1 N–H and O–H groups in total. The first-order chi connectivity index (χ1) is 14.6. The third-order valence-electron chi connectivity index (χ3n) is 5.29. The predicted molar refractivity (Wildman–Crippen MR) is 122 cm³/mol. The fourth-order valence-corrected chi connectivity index (χ4v) is 3.85. The summed E-state index contributed by atoms with van der Waals surface area (Å²) < 4.78 is 0. The van der Waals surface area contributed by atoms with Crippen molar-refractivity contribution in [3.05, 3.63) is 82.7 Å². The van der Waals surface area contributed by atoms with Crippen molar-refractivity contribution < 1.29 is 4.79 Å². The van der Waals surface area contributed by atoms with Crippen molar-refractivity contribution in [2.24, 2.45) is 0 Å². The van der Waals surface area contributed by atoms with Crippen molar-refractivity contribution in [3.8, 4) is 11.3 Å². The second kappa shape index (κ2) is 9.04. The number of carbonyl (C=O) groups excluding carboxylic acids is 1. The van der Waals surface area contributed by atoms with Crippen LogP contribution in [0.3, 0.4) is 0 Å². The molecule has 2 aromatic carbocycles. The van der Waals surface area contributed by atoms with Crippen molar-refractivity contribution in [1.29, 1.82) is 0 Å². The zero-order valence-electron chi connectivity index (χ0n) is 17.6. The van der Waals surface area contributed by atoms with E-state index in [0.717, 1.165) is 53.9 Å². The van der Waals surface area contributed by atoms with Crippen LogP contribution in [-0.2, 0) is 24.1 Å². The van der Waals surface area contributed by atoms with Gasteiger partial charge in [0.05, 0.1) is 11.4 Å². The van der Waals surface area contributed by atoms with Gasteiger partial charge in [-0.3, -0.25) is 4.79 Å². The Labute approximate surface area is 178 Å². The number of anilines is 1. The van der Waals surface area contributed by atoms with Gasteiger partial charge in [-0.15, -0.1) is 0 Å². The Kier molecular flexibility index (Phi) is 6.03. The Morgan fingerprint density at radius 2 is 1.77 bits per heavy atom. The third kappa shape index (κ3) is 4.65. The molecule has 0 aliphatic heterocycles. The van der Waals surface area contributed by atoms with Crippen LogP contribution < -0.4 is 5.32 Å². The van der Waals surface area contributed by atoms with Crippen LogP contribution in [0, 0.1) is 0 Å². The second-order valence-corrected chi connectivity index (χ2v) is 8.02. The number of aryl methyl sites for hydroxylation is 3. The Hall–Kier alpha value is -3.27. The number of amides is 1. The smallest absolute Gasteiger partial charge is 0.225 e. The van der Waals surface area contributed by atoms with Crippen LogP contribution >= 0.6 is 0 Å². The number of hydrogen-bond donors (Lipinski definition) is 1. The maximum atomic E-state index is 12.6. The van der Waals surface area contributed by atoms with E-state index in [4.69, 9.17) is 9.97 Å². The van der Waals surface area contributed by atoms with Gasteiger partial charge in [-0.05, 0) is 56.7 Å². The largest absolute Gasteiger partial charge is 0.309 e. The number of benzene rings is 2. The van der Waals surface area contributed by atoms with Crippen molar-refractivity contribution in [2.75, 3.05) is 5.32 Å². The number of aromatic nitrogens is 2. The molecule has 4 nitrogen and oxygen atoms in total. The highest BCUT2D eigenvalue weighted by atomic mass is 16.1. The van der Waals surface area contributed by atoms with Crippen LogP contribution in [0.5, 0.6) is 0 Å². The minimum atomic E-state index is -0.0141. The number of hydrogen-bond acceptors (Lipinski definition) is 3. The van der Waals surface area contributed by atoms with E-state index in [-0.39, 0.29) is 5.91 Å². The predicted octanol–water partition coefficient (Wildman–Crippen LogP) is 5.63. The highest BCUT2D eigenvalue weighted by molar-refractivity contribution is 5.91. The van der Waals surface area contributed by atoms with E-state index in [0.29, 0.717) is 12.2 Å². The Morgan fingerprint density at radius 1 is 1.00 bits per heavy atom. The average Bonchev–Trinajstić information content (AvgIpc) is 2.74. The molecule has 0 unspecified atom stereocenters. The molecule has 4 rings (SSSR count). The third-order valence-corrected chi connectivity index (χ3v) is 5.29. The molecule has 152 valence electrons. The quantitative estimate of drug-likeness (QED) is 0.587. The molecule has 0 spiro atoms. The molecular formula is C26H27N3O. The van der Waals surface area contributed by atoms with E-state index in [1.807, 2.05) is 44.2 Å². The molecular weight excluding hydrogens is 370 g/mol. The number of fused-ring (bicyclic) bond motifs is 3. The molecule has 1 heterocycles. The zero-order chi connectivity index (χ0) is 20.9. The molecule has 3 aromatic rings. The highest BCUT2D eigenvalue weighted by Gasteiger charge is 2.21. The summed E-state index contributed by atoms with van der Waals surface area (Å²) in [6.07, 6.45) is 5.94. The van der Waals surface area contributed by atoms with E-state index in [2.05, 4.69) is 35.6 Å². The number of rotatable bonds is 6. The lowest BCUT2D eigenvalue weighted by atomic mass is 9.92. The molecule has 0 saturated heterocycles. The lowest BCUT2D eigenvalue weighted by Gasteiger charge is -2.20. The molecule has 0 fully saturated rings. The molecule has 0 bridgehead atoms. The van der Waals surface area contributed by atoms with Gasteiger partial charge >= 0.3 is 0 Å². The number of allylic oxidation sites excluding steroid dienone is 1. The van der Waals surface area contributed by atoms with Crippen LogP contribution in [0.4, 0.5) is 5.82 Å². The van der Waals surface area contributed by atoms with E-state index in [1.54, 1.807) is 0 Å². The summed E-state index contributed by atoms with van der Waals surface area (Å²) in [5.74, 6) is 0.554. The molecule has 30 heavy (non-hydrogen) atoms. The lowest BCUT2D eigenvalue weighted by molar-refractivity contribution is -0.116. The molecule has 1 aliphatic carbocycles. The van der Waals surface area contributed by atoms with E-state index < -0.39 is 0 Å². The van der Waals surface area contributed by atoms with Crippen LogP contribution in [0.15, 0.2) is 60.2 Å². The molecule has 1 aromatic heterocycles. The number of nitrogens with zero attached hydrogens (tertiary/aromatic N) is 2. The summed E-state index contributed by atoms with van der Waals surface area (Å²) in [7, 11) is 0. The number of carbonyl (C=O) groups is 1. The monoisotopic (exact) mass is 397 g/mol. The van der Waals surface area contributed by atoms with Crippen LogP contribution in [0.25, 0.3) is 17.3 Å². The van der Waals surface area contributed by atoms with Gasteiger partial charge in [0.15, 0.2) is 5.82 Å². The Balaban J connectivity index is 1.54. The zero-order valence-corrected chi connectivity index (χ0v) is 17.6. The normalized spacial score (nSPS) is 11.9. The van der Waals surface area contributed by atoms with E-state index >= 15 is 0 Å². The molecule has 0 saturated carbocycles. The molecule has 1 amide bonds. The minimum Gasteiger partial charge on any atom is -0.309 e. The van der Waals surface area contributed by atoms with Crippen LogP contribution in [0.2, 0.25) is 0 Å². The van der Waals surface area contributed by atoms with Crippen molar-refractivity contribution in [3.63, 3.8) is 0 Å². The first kappa shape index (κ1) is 20.0. The van der Waals surface area contributed by atoms with Gasteiger partial charge < -0.3 is 5.32 Å². The average molecular weight is 398 g/mol. The summed E-state index contributed by atoms with van der Waals surface area (Å²) in [5, 5.41) is 3.02. The molecule has 0 radical (unpaired) electrons. The fourth-order valence-electron chi connectivity index (χ4n) is 3.85. The molecule has 1 aliphatic rings. The van der Waals surface area contributed by atoms with E-state index in [9.17, 15) is 4.79 Å². The van der Waals surface area contributed by atoms with Gasteiger partial charge in [-0.2, -0.15) is 0 Å². The summed E-state index contributed by atoms with van der Waals surface area (Å²) in [6.45, 7) is 4.06. The summed E-state index contributed by atoms with van der Waals surface area (Å²) in [6, 6.07) is 18.6. The van der Waals surface area contributed by atoms with Crippen LogP contribution in [0.1, 0.15) is 49.2 Å². The van der Waals surface area contributed by atoms with E-state index in [1.165, 1.54) is 11.1 Å². The highest BCUT2D eigenvalue weighted by Crippen LogP contribution is 2.33. The van der Waals surface area contributed by atoms with Crippen molar-refractivity contribution in [2.45, 2.75) is 46.0 Å². The maximum absolute atomic E-state index is 12.6. The first-order valence-electron chi connectivity index (χ1n) is 10.6. The van der Waals surface area contributed by atoms with Crippen molar-refractivity contribution in [1.82, 2.24) is 9.97 Å². The lowest BCUT2D eigenvalue weighted by Crippen LogP contribution is -2.17. The minimum absolute atomic E-state index is 0.0141. The van der Waals surface area contributed by atoms with Gasteiger partial charge in [0, 0.05) is 12.0 Å². The second-order valence-electron chi connectivity index (χ2n) is 8.02. The summed E-state index contributed by atoms with van der Waals surface area (Å²) >= 11 is 0. The Bertz CT molecular complexity index is 1080. The topological polar surface area (TPSA) is 54.9 Å². The van der Waals surface area contributed by atoms with Gasteiger partial charge in [-0.1, -0.05) is 60.2 Å². The van der Waals surface area contributed by atoms with Gasteiger partial charge in [0.2, 0.25) is 5.91 Å². The maximum Gasteiger partial charge on any atom is 0.225 e. The summed E-state index contributed by atoms with van der Waals surface area (Å²) in [4.78, 5) is 22.4. The van der Waals surface area contributed by atoms with Crippen LogP contribution in [-0.4, -0.2) is 15.9 Å². The Morgan fingerprint density at radius 3 is 2.57 bits per heavy atom. The summed E-state index contributed by atoms with van der Waals surface area (Å²) in [5.41, 5.74) is 7.44. The van der Waals surface area contributed by atoms with Gasteiger partial charge in [0.25, 0.3) is 0 Å². The van der Waals surface area contributed by atoms with Gasteiger partial charge in [0.1, 0.15) is 5.69 Å². The number of nitrogens with one attached hydrogen (secondary N) is 1.